The lowest BCUT2D eigenvalue weighted by molar-refractivity contribution is 0.237. The van der Waals surface area contributed by atoms with Crippen LogP contribution in [-0.4, -0.2) is 6.17 Å². The predicted molar refractivity (Wildman–Crippen MR) is 36.4 cm³/mol. The van der Waals surface area contributed by atoms with Crippen LogP contribution >= 0.6 is 0 Å². The predicted octanol–water partition coefficient (Wildman–Crippen LogP) is 1.91. The summed E-state index contributed by atoms with van der Waals surface area (Å²) < 4.78 is 13.0. The number of hydrogen-bond acceptors (Lipinski definition) is 1. The molecule has 1 saturated carbocycles. The van der Waals surface area contributed by atoms with Crippen LogP contribution in [0.1, 0.15) is 12.8 Å². The molecule has 0 saturated heterocycles. The average molecular weight is 139 g/mol. The molecule has 0 amide bonds. The molecule has 0 bridgehead atoms. The monoisotopic (exact) mass is 139 g/mol. The van der Waals surface area contributed by atoms with Crippen LogP contribution in [0.15, 0.2) is 0 Å². The zero-order chi connectivity index (χ0) is 7.56. The van der Waals surface area contributed by atoms with Crippen molar-refractivity contribution < 1.29 is 4.39 Å². The van der Waals surface area contributed by atoms with Gasteiger partial charge in [0.15, 0.2) is 0 Å². The van der Waals surface area contributed by atoms with Crippen molar-refractivity contribution in [3.8, 4) is 6.07 Å². The average Bonchev–Trinajstić information content (AvgIpc) is 2.30. The number of hydrogen-bond donors (Lipinski definition) is 0. The molecule has 0 aromatic carbocycles. The molecule has 1 rings (SSSR count). The second kappa shape index (κ2) is 3.01. The van der Waals surface area contributed by atoms with E-state index in [2.05, 4.69) is 6.92 Å². The minimum atomic E-state index is -0.970. The van der Waals surface area contributed by atoms with Crippen molar-refractivity contribution in [2.75, 3.05) is 0 Å². The summed E-state index contributed by atoms with van der Waals surface area (Å²) in [7, 11) is 0. The van der Waals surface area contributed by atoms with E-state index in [0.29, 0.717) is 12.8 Å². The first-order valence-corrected chi connectivity index (χ1v) is 3.46. The van der Waals surface area contributed by atoms with Gasteiger partial charge in [0.1, 0.15) is 6.17 Å². The molecule has 54 valence electrons. The molecule has 0 aliphatic heterocycles. The SMILES string of the molecule is [CH2]CC1C[CH]C(C#N)C1F. The van der Waals surface area contributed by atoms with Gasteiger partial charge in [-0.1, -0.05) is 6.92 Å². The quantitative estimate of drug-likeness (QED) is 0.544. The summed E-state index contributed by atoms with van der Waals surface area (Å²) in [4.78, 5) is 0. The molecule has 1 aliphatic carbocycles. The molecular formula is C8H10FN. The molecule has 0 aromatic heterocycles. The summed E-state index contributed by atoms with van der Waals surface area (Å²) in [6.07, 6.45) is 2.08. The van der Waals surface area contributed by atoms with Crippen molar-refractivity contribution in [1.82, 2.24) is 0 Å². The third kappa shape index (κ3) is 1.13. The first-order valence-electron chi connectivity index (χ1n) is 3.46. The maximum absolute atomic E-state index is 13.0. The van der Waals surface area contributed by atoms with Crippen molar-refractivity contribution >= 4 is 0 Å². The van der Waals surface area contributed by atoms with E-state index in [1.165, 1.54) is 0 Å². The lowest BCUT2D eigenvalue weighted by atomic mass is 10.0. The fourth-order valence-corrected chi connectivity index (χ4v) is 1.28. The zero-order valence-corrected chi connectivity index (χ0v) is 5.76. The largest absolute Gasteiger partial charge is 0.246 e. The standard InChI is InChI=1S/C8H10FN/c1-2-6-3-4-7(5-10)8(6)9/h4,6-8H,1-3H2. The Bertz CT molecular complexity index is 150. The van der Waals surface area contributed by atoms with Crippen molar-refractivity contribution in [2.45, 2.75) is 19.0 Å². The van der Waals surface area contributed by atoms with Crippen LogP contribution in [0, 0.1) is 36.5 Å². The number of nitriles is 1. The minimum Gasteiger partial charge on any atom is -0.246 e. The smallest absolute Gasteiger partial charge is 0.119 e. The topological polar surface area (TPSA) is 23.8 Å². The van der Waals surface area contributed by atoms with Gasteiger partial charge < -0.3 is 0 Å². The van der Waals surface area contributed by atoms with Gasteiger partial charge in [-0.25, -0.2) is 4.39 Å². The van der Waals surface area contributed by atoms with Crippen LogP contribution < -0.4 is 0 Å². The van der Waals surface area contributed by atoms with Gasteiger partial charge in [0.05, 0.1) is 12.0 Å². The summed E-state index contributed by atoms with van der Waals surface area (Å²) >= 11 is 0. The second-order valence-electron chi connectivity index (χ2n) is 2.62. The van der Waals surface area contributed by atoms with Crippen LogP contribution in [0.2, 0.25) is 0 Å². The van der Waals surface area contributed by atoms with Gasteiger partial charge in [-0.15, -0.1) is 0 Å². The minimum absolute atomic E-state index is 0.00958. The van der Waals surface area contributed by atoms with Crippen LogP contribution in [0.4, 0.5) is 4.39 Å². The van der Waals surface area contributed by atoms with E-state index in [1.54, 1.807) is 6.42 Å². The second-order valence-corrected chi connectivity index (χ2v) is 2.62. The molecular weight excluding hydrogens is 129 g/mol. The molecule has 3 atom stereocenters. The van der Waals surface area contributed by atoms with E-state index in [9.17, 15) is 4.39 Å². The molecule has 0 spiro atoms. The highest BCUT2D eigenvalue weighted by Gasteiger charge is 2.35. The molecule has 10 heavy (non-hydrogen) atoms. The van der Waals surface area contributed by atoms with E-state index in [-0.39, 0.29) is 5.92 Å². The maximum atomic E-state index is 13.0. The van der Waals surface area contributed by atoms with E-state index in [4.69, 9.17) is 5.26 Å². The molecule has 1 nitrogen and oxygen atoms in total. The van der Waals surface area contributed by atoms with Crippen LogP contribution in [-0.2, 0) is 0 Å². The summed E-state index contributed by atoms with van der Waals surface area (Å²) in [5, 5.41) is 8.41. The highest BCUT2D eigenvalue weighted by Crippen LogP contribution is 2.34. The highest BCUT2D eigenvalue weighted by atomic mass is 19.1. The molecule has 3 unspecified atom stereocenters. The lowest BCUT2D eigenvalue weighted by Crippen LogP contribution is -2.13. The third-order valence-electron chi connectivity index (χ3n) is 2.01. The Balaban J connectivity index is 2.51. The normalized spacial score (nSPS) is 39.5. The summed E-state index contributed by atoms with van der Waals surface area (Å²) in [5.41, 5.74) is 0. The molecule has 0 heterocycles. The molecule has 1 fully saturated rings. The zero-order valence-electron chi connectivity index (χ0n) is 5.76. The Morgan fingerprint density at radius 1 is 1.80 bits per heavy atom. The summed E-state index contributed by atoms with van der Waals surface area (Å²) in [6.45, 7) is 3.62. The Morgan fingerprint density at radius 3 is 2.80 bits per heavy atom. The Hall–Kier alpha value is -0.580. The Kier molecular flexibility index (Phi) is 2.26. The maximum Gasteiger partial charge on any atom is 0.119 e. The molecule has 2 radical (unpaired) electrons. The van der Waals surface area contributed by atoms with Crippen molar-refractivity contribution in [2.24, 2.45) is 11.8 Å². The Labute approximate surface area is 60.8 Å². The van der Waals surface area contributed by atoms with Gasteiger partial charge in [0.25, 0.3) is 0 Å². The van der Waals surface area contributed by atoms with E-state index in [1.807, 2.05) is 6.07 Å². The molecule has 0 aromatic rings. The fourth-order valence-electron chi connectivity index (χ4n) is 1.28. The molecule has 2 heteroatoms. The number of halogens is 1. The van der Waals surface area contributed by atoms with E-state index in [0.717, 1.165) is 0 Å². The van der Waals surface area contributed by atoms with Gasteiger partial charge in [-0.2, -0.15) is 5.26 Å². The lowest BCUT2D eigenvalue weighted by Gasteiger charge is -2.09. The van der Waals surface area contributed by atoms with E-state index < -0.39 is 12.1 Å². The van der Waals surface area contributed by atoms with Gasteiger partial charge in [-0.3, -0.25) is 0 Å². The number of nitrogens with zero attached hydrogens (tertiary/aromatic N) is 1. The van der Waals surface area contributed by atoms with Crippen LogP contribution in [0.5, 0.6) is 0 Å². The Morgan fingerprint density at radius 2 is 2.50 bits per heavy atom. The fraction of sp³-hybridized carbons (Fsp3) is 0.625. The first kappa shape index (κ1) is 7.53. The van der Waals surface area contributed by atoms with Crippen molar-refractivity contribution in [3.05, 3.63) is 13.3 Å². The van der Waals surface area contributed by atoms with Gasteiger partial charge in [0, 0.05) is 0 Å². The molecule has 1 aliphatic rings. The van der Waals surface area contributed by atoms with Gasteiger partial charge in [-0.05, 0) is 25.2 Å². The molecule has 0 N–H and O–H groups in total. The van der Waals surface area contributed by atoms with Crippen molar-refractivity contribution in [1.29, 1.82) is 5.26 Å². The summed E-state index contributed by atoms with van der Waals surface area (Å²) in [6, 6.07) is 1.92. The van der Waals surface area contributed by atoms with Crippen LogP contribution in [0.3, 0.4) is 0 Å². The van der Waals surface area contributed by atoms with Gasteiger partial charge in [0.2, 0.25) is 0 Å². The van der Waals surface area contributed by atoms with Crippen molar-refractivity contribution in [3.63, 3.8) is 0 Å². The van der Waals surface area contributed by atoms with Gasteiger partial charge >= 0.3 is 0 Å². The third-order valence-corrected chi connectivity index (χ3v) is 2.01. The summed E-state index contributed by atoms with van der Waals surface area (Å²) in [5.74, 6) is -0.489. The highest BCUT2D eigenvalue weighted by molar-refractivity contribution is 5.06. The van der Waals surface area contributed by atoms with Crippen LogP contribution in [0.25, 0.3) is 0 Å². The number of alkyl halides is 1. The van der Waals surface area contributed by atoms with E-state index >= 15 is 0 Å². The first-order chi connectivity index (χ1) is 4.79. The number of rotatable bonds is 1.